The van der Waals surface area contributed by atoms with E-state index in [1.165, 1.54) is 4.90 Å². The molecule has 3 aliphatic rings. The molecule has 1 saturated heterocycles. The van der Waals surface area contributed by atoms with Crippen molar-refractivity contribution in [2.75, 3.05) is 18.6 Å². The number of methoxy groups -OCH3 is 1. The van der Waals surface area contributed by atoms with Crippen LogP contribution in [0.3, 0.4) is 0 Å². The van der Waals surface area contributed by atoms with Crippen molar-refractivity contribution in [3.63, 3.8) is 0 Å². The van der Waals surface area contributed by atoms with Crippen molar-refractivity contribution in [1.29, 1.82) is 0 Å². The lowest BCUT2D eigenvalue weighted by Gasteiger charge is -2.19. The first-order valence-corrected chi connectivity index (χ1v) is 10.3. The molecule has 2 aromatic rings. The Hall–Kier alpha value is -3.15. The fraction of sp³-hybridized carbons (Fsp3) is 0.375. The number of carbonyl (C=O) groups excluding carboxylic acids is 3. The Balaban J connectivity index is 1.31. The zero-order valence-corrected chi connectivity index (χ0v) is 16.7. The van der Waals surface area contributed by atoms with Crippen molar-refractivity contribution in [1.82, 2.24) is 0 Å². The molecule has 0 radical (unpaired) electrons. The smallest absolute Gasteiger partial charge is 0.237 e. The van der Waals surface area contributed by atoms with Crippen LogP contribution in [-0.4, -0.2) is 31.3 Å². The number of nitrogens with zero attached hydrogens (tertiary/aromatic N) is 1. The SMILES string of the molecule is COc1cccc(C(=O)COc2cccc(N3C(=O)[C@H]4[C@@H]5CC[C@@H](C5)[C@@H]4C3=O)c2)c1. The second kappa shape index (κ2) is 7.27. The van der Waals surface area contributed by atoms with Crippen LogP contribution >= 0.6 is 0 Å². The van der Waals surface area contributed by atoms with E-state index in [9.17, 15) is 14.4 Å². The van der Waals surface area contributed by atoms with Crippen molar-refractivity contribution < 1.29 is 23.9 Å². The molecule has 6 heteroatoms. The number of imide groups is 1. The normalized spacial score (nSPS) is 26.8. The van der Waals surface area contributed by atoms with E-state index in [0.717, 1.165) is 19.3 Å². The van der Waals surface area contributed by atoms with Crippen LogP contribution in [0.2, 0.25) is 0 Å². The third-order valence-corrected chi connectivity index (χ3v) is 6.76. The average molecular weight is 405 g/mol. The number of ether oxygens (including phenoxy) is 2. The molecule has 30 heavy (non-hydrogen) atoms. The molecular formula is C24H23NO5. The van der Waals surface area contributed by atoms with Crippen molar-refractivity contribution in [2.45, 2.75) is 19.3 Å². The largest absolute Gasteiger partial charge is 0.497 e. The van der Waals surface area contributed by atoms with Crippen LogP contribution in [0.15, 0.2) is 48.5 Å². The van der Waals surface area contributed by atoms with E-state index in [1.54, 1.807) is 55.6 Å². The van der Waals surface area contributed by atoms with Crippen LogP contribution in [0.5, 0.6) is 11.5 Å². The van der Waals surface area contributed by atoms with Crippen LogP contribution in [0.25, 0.3) is 0 Å². The minimum absolute atomic E-state index is 0.0817. The van der Waals surface area contributed by atoms with E-state index < -0.39 is 0 Å². The third-order valence-electron chi connectivity index (χ3n) is 6.76. The van der Waals surface area contributed by atoms with Gasteiger partial charge in [-0.05, 0) is 55.4 Å². The van der Waals surface area contributed by atoms with Crippen LogP contribution in [0.4, 0.5) is 5.69 Å². The molecule has 0 spiro atoms. The first-order valence-electron chi connectivity index (χ1n) is 10.3. The van der Waals surface area contributed by atoms with Crippen LogP contribution in [-0.2, 0) is 9.59 Å². The van der Waals surface area contributed by atoms with Gasteiger partial charge in [0.15, 0.2) is 12.4 Å². The molecule has 3 fully saturated rings. The monoisotopic (exact) mass is 405 g/mol. The minimum atomic E-state index is -0.182. The summed E-state index contributed by atoms with van der Waals surface area (Å²) < 4.78 is 10.8. The van der Waals surface area contributed by atoms with Crippen LogP contribution in [0, 0.1) is 23.7 Å². The third kappa shape index (κ3) is 2.98. The van der Waals surface area contributed by atoms with E-state index >= 15 is 0 Å². The lowest BCUT2D eigenvalue weighted by atomic mass is 9.81. The van der Waals surface area contributed by atoms with Gasteiger partial charge < -0.3 is 9.47 Å². The highest BCUT2D eigenvalue weighted by Crippen LogP contribution is 2.56. The molecule has 2 aliphatic carbocycles. The van der Waals surface area contributed by atoms with Crippen molar-refractivity contribution in [2.24, 2.45) is 23.7 Å². The molecule has 6 nitrogen and oxygen atoms in total. The Kier molecular flexibility index (Phi) is 4.57. The molecule has 2 saturated carbocycles. The van der Waals surface area contributed by atoms with Gasteiger partial charge in [-0.25, -0.2) is 4.90 Å². The second-order valence-corrected chi connectivity index (χ2v) is 8.34. The molecule has 1 aliphatic heterocycles. The number of hydrogen-bond donors (Lipinski definition) is 0. The van der Waals surface area contributed by atoms with Gasteiger partial charge in [-0.3, -0.25) is 14.4 Å². The van der Waals surface area contributed by atoms with Gasteiger partial charge in [-0.1, -0.05) is 18.2 Å². The zero-order chi connectivity index (χ0) is 20.8. The lowest BCUT2D eigenvalue weighted by Crippen LogP contribution is -2.32. The molecule has 2 aromatic carbocycles. The summed E-state index contributed by atoms with van der Waals surface area (Å²) in [5, 5.41) is 0. The maximum absolute atomic E-state index is 13.0. The molecule has 0 aromatic heterocycles. The highest BCUT2D eigenvalue weighted by atomic mass is 16.5. The van der Waals surface area contributed by atoms with Gasteiger partial charge in [0.25, 0.3) is 0 Å². The number of rotatable bonds is 6. The number of hydrogen-bond acceptors (Lipinski definition) is 5. The maximum atomic E-state index is 13.0. The predicted molar refractivity (Wildman–Crippen MR) is 110 cm³/mol. The molecule has 1 heterocycles. The van der Waals surface area contributed by atoms with E-state index in [4.69, 9.17) is 9.47 Å². The number of ketones is 1. The van der Waals surface area contributed by atoms with Crippen molar-refractivity contribution in [3.8, 4) is 11.5 Å². The summed E-state index contributed by atoms with van der Waals surface area (Å²) in [6.45, 7) is -0.145. The Bertz CT molecular complexity index is 1000. The fourth-order valence-electron chi connectivity index (χ4n) is 5.40. The summed E-state index contributed by atoms with van der Waals surface area (Å²) in [6.07, 6.45) is 3.11. The summed E-state index contributed by atoms with van der Waals surface area (Å²) in [7, 11) is 1.55. The van der Waals surface area contributed by atoms with Gasteiger partial charge in [-0.2, -0.15) is 0 Å². The number of fused-ring (bicyclic) bond motifs is 5. The summed E-state index contributed by atoms with van der Waals surface area (Å²) in [4.78, 5) is 39.8. The number of anilines is 1. The summed E-state index contributed by atoms with van der Waals surface area (Å²) in [6, 6.07) is 13.8. The number of amides is 2. The Morgan fingerprint density at radius 3 is 2.33 bits per heavy atom. The molecule has 4 atom stereocenters. The van der Waals surface area contributed by atoms with Crippen molar-refractivity contribution in [3.05, 3.63) is 54.1 Å². The Morgan fingerprint density at radius 2 is 1.63 bits per heavy atom. The first kappa shape index (κ1) is 18.9. The molecular weight excluding hydrogens is 382 g/mol. The molecule has 2 bridgehead atoms. The standard InChI is InChI=1S/C24H23NO5/c1-29-18-6-2-4-14(11-18)20(26)13-30-19-7-3-5-17(12-19)25-23(27)21-15-8-9-16(10-15)22(21)24(25)28/h2-7,11-12,15-16,21-22H,8-10,13H2,1H3/t15-,16+,21-,22-/m0/s1. The topological polar surface area (TPSA) is 72.9 Å². The van der Waals surface area contributed by atoms with Gasteiger partial charge in [0, 0.05) is 11.6 Å². The van der Waals surface area contributed by atoms with Gasteiger partial charge in [-0.15, -0.1) is 0 Å². The zero-order valence-electron chi connectivity index (χ0n) is 16.7. The van der Waals surface area contributed by atoms with Crippen molar-refractivity contribution >= 4 is 23.3 Å². The van der Waals surface area contributed by atoms with E-state index in [1.807, 2.05) is 0 Å². The Labute approximate surface area is 174 Å². The number of benzene rings is 2. The molecule has 154 valence electrons. The Morgan fingerprint density at radius 1 is 0.967 bits per heavy atom. The molecule has 5 rings (SSSR count). The first-order chi connectivity index (χ1) is 14.6. The van der Waals surface area contributed by atoms with Crippen LogP contribution < -0.4 is 14.4 Å². The van der Waals surface area contributed by atoms with Gasteiger partial charge >= 0.3 is 0 Å². The van der Waals surface area contributed by atoms with E-state index in [0.29, 0.717) is 34.6 Å². The lowest BCUT2D eigenvalue weighted by molar-refractivity contribution is -0.123. The second-order valence-electron chi connectivity index (χ2n) is 8.34. The average Bonchev–Trinajstić information content (AvgIpc) is 3.46. The van der Waals surface area contributed by atoms with Gasteiger partial charge in [0.1, 0.15) is 11.5 Å². The fourth-order valence-corrected chi connectivity index (χ4v) is 5.40. The highest BCUT2D eigenvalue weighted by molar-refractivity contribution is 6.22. The highest BCUT2D eigenvalue weighted by Gasteiger charge is 2.61. The summed E-state index contributed by atoms with van der Waals surface area (Å²) in [5.74, 6) is 1.09. The quantitative estimate of drug-likeness (QED) is 0.543. The minimum Gasteiger partial charge on any atom is -0.497 e. The number of carbonyl (C=O) groups is 3. The number of Topliss-reactive ketones (excluding diaryl/α,β-unsaturated/α-hetero) is 1. The van der Waals surface area contributed by atoms with Gasteiger partial charge in [0.05, 0.1) is 24.6 Å². The van der Waals surface area contributed by atoms with Gasteiger partial charge in [0.2, 0.25) is 11.8 Å². The summed E-state index contributed by atoms with van der Waals surface area (Å²) >= 11 is 0. The molecule has 2 amide bonds. The summed E-state index contributed by atoms with van der Waals surface area (Å²) in [5.41, 5.74) is 1.02. The van der Waals surface area contributed by atoms with E-state index in [2.05, 4.69) is 0 Å². The van der Waals surface area contributed by atoms with Crippen LogP contribution in [0.1, 0.15) is 29.6 Å². The predicted octanol–water partition coefficient (Wildman–Crippen LogP) is 3.49. The molecule has 0 N–H and O–H groups in total. The maximum Gasteiger partial charge on any atom is 0.237 e. The molecule has 0 unspecified atom stereocenters. The van der Waals surface area contributed by atoms with E-state index in [-0.39, 0.29) is 36.0 Å².